The SMILES string of the molecule is COc1ccc(-n2cc(C(=O)NCCc3c(C)[nH]c4c(C)cc(C)cc34)ccc2=O)cc1. The molecule has 1 amide bonds. The van der Waals surface area contributed by atoms with E-state index in [9.17, 15) is 9.59 Å². The maximum atomic E-state index is 12.8. The third-order valence-corrected chi connectivity index (χ3v) is 5.75. The lowest BCUT2D eigenvalue weighted by Gasteiger charge is -2.10. The molecule has 2 N–H and O–H groups in total. The molecule has 0 aliphatic carbocycles. The molecule has 4 rings (SSSR count). The van der Waals surface area contributed by atoms with Crippen molar-refractivity contribution in [1.29, 1.82) is 0 Å². The predicted octanol–water partition coefficient (Wildman–Crippen LogP) is 4.23. The number of H-pyrrole nitrogens is 1. The Morgan fingerprint density at radius 1 is 1.06 bits per heavy atom. The van der Waals surface area contributed by atoms with Gasteiger partial charge in [-0.15, -0.1) is 0 Å². The molecule has 0 bridgehead atoms. The van der Waals surface area contributed by atoms with Gasteiger partial charge in [-0.1, -0.05) is 11.6 Å². The van der Waals surface area contributed by atoms with E-state index in [1.807, 2.05) is 0 Å². The van der Waals surface area contributed by atoms with Crippen molar-refractivity contribution in [3.05, 3.63) is 93.0 Å². The summed E-state index contributed by atoms with van der Waals surface area (Å²) in [7, 11) is 1.59. The highest BCUT2D eigenvalue weighted by molar-refractivity contribution is 5.94. The lowest BCUT2D eigenvalue weighted by molar-refractivity contribution is 0.0953. The highest BCUT2D eigenvalue weighted by Gasteiger charge is 2.13. The zero-order chi connectivity index (χ0) is 22.8. The van der Waals surface area contributed by atoms with Crippen LogP contribution in [0.1, 0.15) is 32.7 Å². The second-order valence-corrected chi connectivity index (χ2v) is 8.06. The van der Waals surface area contributed by atoms with Crippen molar-refractivity contribution >= 4 is 16.8 Å². The van der Waals surface area contributed by atoms with E-state index in [1.165, 1.54) is 32.7 Å². The first-order valence-electron chi connectivity index (χ1n) is 10.6. The summed E-state index contributed by atoms with van der Waals surface area (Å²) in [6.45, 7) is 6.77. The fraction of sp³-hybridized carbons (Fsp3) is 0.231. The van der Waals surface area contributed by atoms with Gasteiger partial charge in [0.15, 0.2) is 0 Å². The second-order valence-electron chi connectivity index (χ2n) is 8.06. The van der Waals surface area contributed by atoms with Crippen molar-refractivity contribution in [2.75, 3.05) is 13.7 Å². The Hall–Kier alpha value is -3.80. The number of nitrogens with one attached hydrogen (secondary N) is 2. The number of pyridine rings is 1. The number of ether oxygens (including phenoxy) is 1. The van der Waals surface area contributed by atoms with Crippen LogP contribution in [0.3, 0.4) is 0 Å². The first-order valence-corrected chi connectivity index (χ1v) is 10.6. The van der Waals surface area contributed by atoms with Crippen molar-refractivity contribution in [3.63, 3.8) is 0 Å². The highest BCUT2D eigenvalue weighted by Crippen LogP contribution is 2.26. The van der Waals surface area contributed by atoms with Crippen LogP contribution in [-0.2, 0) is 6.42 Å². The molecule has 2 heterocycles. The minimum Gasteiger partial charge on any atom is -0.497 e. The zero-order valence-corrected chi connectivity index (χ0v) is 18.8. The molecule has 6 nitrogen and oxygen atoms in total. The monoisotopic (exact) mass is 429 g/mol. The molecule has 32 heavy (non-hydrogen) atoms. The van der Waals surface area contributed by atoms with Gasteiger partial charge < -0.3 is 15.0 Å². The Morgan fingerprint density at radius 2 is 1.81 bits per heavy atom. The predicted molar refractivity (Wildman–Crippen MR) is 127 cm³/mol. The number of hydrogen-bond donors (Lipinski definition) is 2. The van der Waals surface area contributed by atoms with Crippen molar-refractivity contribution in [2.24, 2.45) is 0 Å². The van der Waals surface area contributed by atoms with E-state index < -0.39 is 0 Å². The third-order valence-electron chi connectivity index (χ3n) is 5.75. The Bertz CT molecular complexity index is 1350. The summed E-state index contributed by atoms with van der Waals surface area (Å²) in [4.78, 5) is 28.6. The number of aromatic amines is 1. The quantitative estimate of drug-likeness (QED) is 0.482. The number of benzene rings is 2. The zero-order valence-electron chi connectivity index (χ0n) is 18.8. The summed E-state index contributed by atoms with van der Waals surface area (Å²) in [6.07, 6.45) is 2.29. The van der Waals surface area contributed by atoms with Gasteiger partial charge in [-0.25, -0.2) is 0 Å². The minimum absolute atomic E-state index is 0.202. The average molecular weight is 430 g/mol. The molecule has 0 saturated heterocycles. The molecular formula is C26H27N3O3. The first-order chi connectivity index (χ1) is 15.4. The molecule has 0 fully saturated rings. The molecule has 0 radical (unpaired) electrons. The van der Waals surface area contributed by atoms with Gasteiger partial charge in [-0.3, -0.25) is 14.2 Å². The number of aromatic nitrogens is 2. The molecular weight excluding hydrogens is 402 g/mol. The number of aryl methyl sites for hydroxylation is 3. The summed E-state index contributed by atoms with van der Waals surface area (Å²) in [6, 6.07) is 14.4. The summed E-state index contributed by atoms with van der Waals surface area (Å²) in [5.74, 6) is 0.491. The van der Waals surface area contributed by atoms with Gasteiger partial charge >= 0.3 is 0 Å². The topological polar surface area (TPSA) is 76.1 Å². The van der Waals surface area contributed by atoms with E-state index in [0.29, 0.717) is 23.5 Å². The average Bonchev–Trinajstić information content (AvgIpc) is 3.10. The van der Waals surface area contributed by atoms with Crippen LogP contribution in [0.4, 0.5) is 0 Å². The van der Waals surface area contributed by atoms with Crippen molar-refractivity contribution in [3.8, 4) is 11.4 Å². The summed E-state index contributed by atoms with van der Waals surface area (Å²) < 4.78 is 6.63. The maximum absolute atomic E-state index is 12.8. The van der Waals surface area contributed by atoms with Crippen LogP contribution in [-0.4, -0.2) is 29.1 Å². The molecule has 2 aromatic carbocycles. The molecule has 4 aromatic rings. The maximum Gasteiger partial charge on any atom is 0.255 e. The van der Waals surface area contributed by atoms with Gasteiger partial charge in [-0.2, -0.15) is 0 Å². The van der Waals surface area contributed by atoms with E-state index in [0.717, 1.165) is 17.6 Å². The van der Waals surface area contributed by atoms with E-state index in [1.54, 1.807) is 43.6 Å². The minimum atomic E-state index is -0.211. The highest BCUT2D eigenvalue weighted by atomic mass is 16.5. The number of hydrogen-bond acceptors (Lipinski definition) is 3. The fourth-order valence-corrected chi connectivity index (χ4v) is 4.13. The van der Waals surface area contributed by atoms with Crippen molar-refractivity contribution < 1.29 is 9.53 Å². The van der Waals surface area contributed by atoms with Gasteiger partial charge in [0.25, 0.3) is 11.5 Å². The van der Waals surface area contributed by atoms with Crippen LogP contribution >= 0.6 is 0 Å². The molecule has 2 aromatic heterocycles. The molecule has 0 saturated carbocycles. The number of amides is 1. The van der Waals surface area contributed by atoms with Crippen LogP contribution < -0.4 is 15.6 Å². The molecule has 164 valence electrons. The van der Waals surface area contributed by atoms with Crippen LogP contribution in [0.25, 0.3) is 16.6 Å². The summed E-state index contributed by atoms with van der Waals surface area (Å²) in [5, 5.41) is 4.20. The van der Waals surface area contributed by atoms with E-state index >= 15 is 0 Å². The van der Waals surface area contributed by atoms with Crippen molar-refractivity contribution in [2.45, 2.75) is 27.2 Å². The van der Waals surface area contributed by atoms with Gasteiger partial charge in [0.2, 0.25) is 0 Å². The largest absolute Gasteiger partial charge is 0.497 e. The normalized spacial score (nSPS) is 11.0. The molecule has 0 aliphatic rings. The number of rotatable bonds is 6. The van der Waals surface area contributed by atoms with Gasteiger partial charge in [0, 0.05) is 41.1 Å². The van der Waals surface area contributed by atoms with Gasteiger partial charge in [0.05, 0.1) is 12.7 Å². The Balaban J connectivity index is 1.50. The van der Waals surface area contributed by atoms with Crippen LogP contribution in [0, 0.1) is 20.8 Å². The lowest BCUT2D eigenvalue weighted by atomic mass is 10.0. The van der Waals surface area contributed by atoms with Gasteiger partial charge in [-0.05, 0) is 74.7 Å². The Kier molecular flexibility index (Phi) is 5.86. The molecule has 0 spiro atoms. The number of fused-ring (bicyclic) bond motifs is 1. The number of nitrogens with zero attached hydrogens (tertiary/aromatic N) is 1. The number of methoxy groups -OCH3 is 1. The van der Waals surface area contributed by atoms with Crippen LogP contribution in [0.15, 0.2) is 59.5 Å². The van der Waals surface area contributed by atoms with Gasteiger partial charge in [0.1, 0.15) is 5.75 Å². The summed E-state index contributed by atoms with van der Waals surface area (Å²) in [5.41, 5.74) is 6.84. The Morgan fingerprint density at radius 3 is 2.53 bits per heavy atom. The molecule has 0 unspecified atom stereocenters. The fourth-order valence-electron chi connectivity index (χ4n) is 4.13. The third kappa shape index (κ3) is 4.17. The van der Waals surface area contributed by atoms with E-state index in [-0.39, 0.29) is 11.5 Å². The standard InChI is InChI=1S/C26H27N3O3/c1-16-13-17(2)25-23(14-16)22(18(3)28-25)11-12-27-26(31)19-5-10-24(30)29(15-19)20-6-8-21(32-4)9-7-20/h5-10,13-15,28H,11-12H2,1-4H3,(H,27,31). The van der Waals surface area contributed by atoms with Crippen LogP contribution in [0.2, 0.25) is 0 Å². The van der Waals surface area contributed by atoms with Crippen molar-refractivity contribution in [1.82, 2.24) is 14.9 Å². The number of carbonyl (C=O) groups is 1. The molecule has 6 heteroatoms. The first kappa shape index (κ1) is 21.4. The van der Waals surface area contributed by atoms with E-state index in [2.05, 4.69) is 43.2 Å². The molecule has 0 aliphatic heterocycles. The summed E-state index contributed by atoms with van der Waals surface area (Å²) >= 11 is 0. The Labute approximate surface area is 186 Å². The number of carbonyl (C=O) groups excluding carboxylic acids is 1. The van der Waals surface area contributed by atoms with Crippen LogP contribution in [0.5, 0.6) is 5.75 Å². The second kappa shape index (κ2) is 8.75. The lowest BCUT2D eigenvalue weighted by Crippen LogP contribution is -2.28. The molecule has 0 atom stereocenters. The van der Waals surface area contributed by atoms with E-state index in [4.69, 9.17) is 4.74 Å². The smallest absolute Gasteiger partial charge is 0.255 e.